The summed E-state index contributed by atoms with van der Waals surface area (Å²) in [5.41, 5.74) is 2.23. The topological polar surface area (TPSA) is 0 Å². The van der Waals surface area contributed by atoms with E-state index < -0.39 is 8.07 Å². The lowest BCUT2D eigenvalue weighted by Gasteiger charge is -2.48. The van der Waals surface area contributed by atoms with E-state index in [9.17, 15) is 0 Å². The van der Waals surface area contributed by atoms with Crippen molar-refractivity contribution in [3.63, 3.8) is 0 Å². The van der Waals surface area contributed by atoms with Crippen LogP contribution in [0.5, 0.6) is 0 Å². The largest absolute Gasteiger partial charge is 0.0687 e. The first-order chi connectivity index (χ1) is 11.3. The minimum Gasteiger partial charge on any atom is -0.0687 e. The van der Waals surface area contributed by atoms with Crippen LogP contribution in [-0.4, -0.2) is 8.07 Å². The Morgan fingerprint density at radius 3 is 1.96 bits per heavy atom. The summed E-state index contributed by atoms with van der Waals surface area (Å²) < 4.78 is 0. The summed E-state index contributed by atoms with van der Waals surface area (Å²) in [7, 11) is -1.26. The van der Waals surface area contributed by atoms with Gasteiger partial charge in [0.15, 0.2) is 0 Å². The molecule has 0 amide bonds. The highest BCUT2D eigenvalue weighted by atomic mass is 28.3. The fraction of sp³-hybridized carbons (Fsp3) is 1.00. The van der Waals surface area contributed by atoms with E-state index in [0.717, 1.165) is 52.5 Å². The molecule has 3 aliphatic rings. The molecule has 0 radical (unpaired) electrons. The van der Waals surface area contributed by atoms with Gasteiger partial charge in [0.2, 0.25) is 0 Å². The Hall–Kier alpha value is 0.217. The predicted molar refractivity (Wildman–Crippen MR) is 110 cm³/mol. The van der Waals surface area contributed by atoms with E-state index in [4.69, 9.17) is 0 Å². The van der Waals surface area contributed by atoms with Crippen LogP contribution >= 0.6 is 0 Å². The van der Waals surface area contributed by atoms with Gasteiger partial charge in [0.1, 0.15) is 0 Å². The summed E-state index contributed by atoms with van der Waals surface area (Å²) in [6.45, 7) is 18.3. The molecular weight excluding hydrogens is 304 g/mol. The first-order valence-electron chi connectivity index (χ1n) is 11.3. The fourth-order valence-corrected chi connectivity index (χ4v) is 16.3. The summed E-state index contributed by atoms with van der Waals surface area (Å²) in [6.07, 6.45) is 9.39. The number of rotatable bonds is 4. The van der Waals surface area contributed by atoms with Gasteiger partial charge in [-0.3, -0.25) is 0 Å². The van der Waals surface area contributed by atoms with Crippen LogP contribution in [-0.2, 0) is 0 Å². The van der Waals surface area contributed by atoms with Gasteiger partial charge >= 0.3 is 0 Å². The lowest BCUT2D eigenvalue weighted by molar-refractivity contribution is 0.271. The molecule has 0 nitrogen and oxygen atoms in total. The maximum Gasteiger partial charge on any atom is 0.0577 e. The van der Waals surface area contributed by atoms with Crippen molar-refractivity contribution in [1.82, 2.24) is 0 Å². The maximum atomic E-state index is 2.89. The van der Waals surface area contributed by atoms with E-state index in [1.54, 1.807) is 31.7 Å². The van der Waals surface area contributed by atoms with E-state index in [1.165, 1.54) is 12.8 Å². The quantitative estimate of drug-likeness (QED) is 0.458. The van der Waals surface area contributed by atoms with Crippen molar-refractivity contribution in [3.05, 3.63) is 0 Å². The van der Waals surface area contributed by atoms with Crippen molar-refractivity contribution in [2.75, 3.05) is 0 Å². The molecule has 0 aromatic carbocycles. The van der Waals surface area contributed by atoms with Gasteiger partial charge in [0.25, 0.3) is 0 Å². The van der Waals surface area contributed by atoms with Gasteiger partial charge in [-0.1, -0.05) is 92.7 Å². The average molecular weight is 349 g/mol. The van der Waals surface area contributed by atoms with Gasteiger partial charge in [-0.15, -0.1) is 0 Å². The average Bonchev–Trinajstić information content (AvgIpc) is 3.04. The number of hydrogen-bond donors (Lipinski definition) is 0. The second-order valence-electron chi connectivity index (χ2n) is 11.0. The van der Waals surface area contributed by atoms with E-state index >= 15 is 0 Å². The van der Waals surface area contributed by atoms with Gasteiger partial charge in [-0.2, -0.15) is 0 Å². The van der Waals surface area contributed by atoms with E-state index in [0.29, 0.717) is 0 Å². The Labute approximate surface area is 153 Å². The van der Waals surface area contributed by atoms with Gasteiger partial charge in [-0.25, -0.2) is 0 Å². The highest BCUT2D eigenvalue weighted by Gasteiger charge is 2.57. The van der Waals surface area contributed by atoms with Crippen LogP contribution in [0, 0.1) is 41.4 Å². The Bertz CT molecular complexity index is 416. The normalized spacial score (nSPS) is 48.5. The zero-order chi connectivity index (χ0) is 17.6. The SMILES string of the molecule is CC(C)C[Si](C)(C1CCC2CCCCC21)C1C(C)C(C)C(C)C1C. The lowest BCUT2D eigenvalue weighted by atomic mass is 9.82. The predicted octanol–water partition coefficient (Wildman–Crippen LogP) is 7.62. The molecule has 0 aromatic rings. The third kappa shape index (κ3) is 3.05. The molecule has 3 rings (SSSR count). The smallest absolute Gasteiger partial charge is 0.0577 e. The first-order valence-corrected chi connectivity index (χ1v) is 14.1. The van der Waals surface area contributed by atoms with Gasteiger partial charge in [0.05, 0.1) is 8.07 Å². The molecule has 8 unspecified atom stereocenters. The number of fused-ring (bicyclic) bond motifs is 1. The Balaban J connectivity index is 1.93. The van der Waals surface area contributed by atoms with Crippen molar-refractivity contribution in [3.8, 4) is 0 Å². The summed E-state index contributed by atoms with van der Waals surface area (Å²) >= 11 is 0. The third-order valence-electron chi connectivity index (χ3n) is 9.41. The second kappa shape index (κ2) is 7.09. The Kier molecular flexibility index (Phi) is 5.61. The zero-order valence-electron chi connectivity index (χ0n) is 17.6. The summed E-state index contributed by atoms with van der Waals surface area (Å²) in [4.78, 5) is 0. The van der Waals surface area contributed by atoms with E-state index in [1.807, 2.05) is 0 Å². The summed E-state index contributed by atoms with van der Waals surface area (Å²) in [6, 6.07) is 1.60. The van der Waals surface area contributed by atoms with E-state index in [-0.39, 0.29) is 0 Å². The molecule has 0 aliphatic heterocycles. The zero-order valence-corrected chi connectivity index (χ0v) is 18.6. The Morgan fingerprint density at radius 2 is 1.38 bits per heavy atom. The highest BCUT2D eigenvalue weighted by Crippen LogP contribution is 2.63. The molecule has 0 heterocycles. The first kappa shape index (κ1) is 19.0. The fourth-order valence-electron chi connectivity index (χ4n) is 8.26. The molecule has 24 heavy (non-hydrogen) atoms. The van der Waals surface area contributed by atoms with Crippen LogP contribution in [0.1, 0.15) is 80.1 Å². The highest BCUT2D eigenvalue weighted by molar-refractivity contribution is 6.81. The minimum absolute atomic E-state index is 0.898. The molecule has 0 saturated heterocycles. The van der Waals surface area contributed by atoms with Crippen LogP contribution in [0.3, 0.4) is 0 Å². The maximum absolute atomic E-state index is 2.89. The molecule has 140 valence electrons. The molecule has 8 atom stereocenters. The molecule has 0 bridgehead atoms. The summed E-state index contributed by atoms with van der Waals surface area (Å²) in [5.74, 6) is 6.94. The van der Waals surface area contributed by atoms with Crippen LogP contribution in [0.2, 0.25) is 23.7 Å². The van der Waals surface area contributed by atoms with Crippen molar-refractivity contribution < 1.29 is 0 Å². The standard InChI is InChI=1S/C23H44Si/c1-15(2)14-24(7,23-18(5)16(3)17(4)19(23)6)22-13-12-20-10-8-9-11-21(20)22/h15-23H,8-14H2,1-7H3. The van der Waals surface area contributed by atoms with Gasteiger partial charge in [0, 0.05) is 0 Å². The van der Waals surface area contributed by atoms with Crippen LogP contribution in [0.4, 0.5) is 0 Å². The minimum atomic E-state index is -1.26. The monoisotopic (exact) mass is 348 g/mol. The van der Waals surface area contributed by atoms with Crippen molar-refractivity contribution in [2.45, 2.75) is 104 Å². The van der Waals surface area contributed by atoms with Crippen LogP contribution < -0.4 is 0 Å². The molecule has 0 N–H and O–H groups in total. The molecule has 1 heteroatoms. The van der Waals surface area contributed by atoms with Crippen LogP contribution in [0.15, 0.2) is 0 Å². The second-order valence-corrected chi connectivity index (χ2v) is 15.8. The molecular formula is C23H44Si. The molecule has 3 fully saturated rings. The third-order valence-corrected chi connectivity index (χ3v) is 16.1. The van der Waals surface area contributed by atoms with Crippen molar-refractivity contribution in [2.24, 2.45) is 41.4 Å². The Morgan fingerprint density at radius 1 is 0.792 bits per heavy atom. The van der Waals surface area contributed by atoms with Gasteiger partial charge < -0.3 is 0 Å². The van der Waals surface area contributed by atoms with Crippen LogP contribution in [0.25, 0.3) is 0 Å². The molecule has 3 aliphatic carbocycles. The van der Waals surface area contributed by atoms with E-state index in [2.05, 4.69) is 48.1 Å². The van der Waals surface area contributed by atoms with Crippen molar-refractivity contribution >= 4 is 8.07 Å². The molecule has 0 spiro atoms. The van der Waals surface area contributed by atoms with Gasteiger partial charge in [-0.05, 0) is 52.5 Å². The van der Waals surface area contributed by atoms with Crippen molar-refractivity contribution in [1.29, 1.82) is 0 Å². The number of hydrogen-bond acceptors (Lipinski definition) is 0. The lowest BCUT2D eigenvalue weighted by Crippen LogP contribution is -2.48. The molecule has 0 aromatic heterocycles. The molecule has 3 saturated carbocycles. The summed E-state index contributed by atoms with van der Waals surface area (Å²) in [5, 5.41) is 0.